The molecule has 0 aromatic carbocycles. The van der Waals surface area contributed by atoms with Crippen LogP contribution >= 0.6 is 11.8 Å². The zero-order chi connectivity index (χ0) is 11.6. The van der Waals surface area contributed by atoms with Crippen molar-refractivity contribution in [3.63, 3.8) is 0 Å². The Kier molecular flexibility index (Phi) is 3.14. The third kappa shape index (κ3) is 2.19. The Balaban J connectivity index is 2.21. The summed E-state index contributed by atoms with van der Waals surface area (Å²) in [6.45, 7) is 0. The molecule has 2 heterocycles. The average molecular weight is 241 g/mol. The second-order valence-corrected chi connectivity index (χ2v) is 5.42. The number of aromatic nitrogens is 1. The standard InChI is InChI=1S/C11H12FNO2S/c12-9-4-8(6-13-7-9)5-11(10(14)15)2-1-3-16-11/h4,6-7H,1-3,5H2,(H,14,15). The minimum absolute atomic E-state index is 0.345. The summed E-state index contributed by atoms with van der Waals surface area (Å²) < 4.78 is 12.2. The molecule has 1 N–H and O–H groups in total. The first-order valence-corrected chi connectivity index (χ1v) is 6.08. The largest absolute Gasteiger partial charge is 0.480 e. The van der Waals surface area contributed by atoms with E-state index >= 15 is 0 Å². The van der Waals surface area contributed by atoms with Gasteiger partial charge in [-0.15, -0.1) is 11.8 Å². The van der Waals surface area contributed by atoms with Gasteiger partial charge in [-0.3, -0.25) is 9.78 Å². The maximum absolute atomic E-state index is 13.0. The van der Waals surface area contributed by atoms with Gasteiger partial charge in [-0.1, -0.05) is 0 Å². The Morgan fingerprint density at radius 3 is 3.00 bits per heavy atom. The molecule has 1 unspecified atom stereocenters. The van der Waals surface area contributed by atoms with Crippen LogP contribution in [0.3, 0.4) is 0 Å². The quantitative estimate of drug-likeness (QED) is 0.880. The highest BCUT2D eigenvalue weighted by molar-refractivity contribution is 8.01. The molecule has 1 aliphatic rings. The number of rotatable bonds is 3. The van der Waals surface area contributed by atoms with E-state index in [1.165, 1.54) is 24.0 Å². The van der Waals surface area contributed by atoms with Crippen molar-refractivity contribution in [1.29, 1.82) is 0 Å². The van der Waals surface area contributed by atoms with E-state index in [9.17, 15) is 14.3 Å². The number of carbonyl (C=O) groups is 1. The monoisotopic (exact) mass is 241 g/mol. The Labute approximate surface area is 97.1 Å². The summed E-state index contributed by atoms with van der Waals surface area (Å²) in [5.74, 6) is -0.366. The molecule has 1 aromatic rings. The molecular weight excluding hydrogens is 229 g/mol. The fourth-order valence-electron chi connectivity index (χ4n) is 1.96. The van der Waals surface area contributed by atoms with Crippen molar-refractivity contribution in [2.24, 2.45) is 0 Å². The maximum atomic E-state index is 13.0. The molecule has 0 spiro atoms. The summed E-state index contributed by atoms with van der Waals surface area (Å²) in [4.78, 5) is 15.0. The van der Waals surface area contributed by atoms with Crippen molar-refractivity contribution >= 4 is 17.7 Å². The number of carboxylic acid groups (broad SMARTS) is 1. The predicted octanol–water partition coefficient (Wildman–Crippen LogP) is 2.11. The van der Waals surface area contributed by atoms with Crippen LogP contribution in [0, 0.1) is 5.82 Å². The van der Waals surface area contributed by atoms with Gasteiger partial charge in [0.15, 0.2) is 0 Å². The van der Waals surface area contributed by atoms with Gasteiger partial charge < -0.3 is 5.11 Å². The van der Waals surface area contributed by atoms with Gasteiger partial charge in [0.1, 0.15) is 10.6 Å². The van der Waals surface area contributed by atoms with Crippen LogP contribution in [0.5, 0.6) is 0 Å². The summed E-state index contributed by atoms with van der Waals surface area (Å²) in [6, 6.07) is 1.36. The van der Waals surface area contributed by atoms with Crippen LogP contribution in [0.15, 0.2) is 18.5 Å². The molecule has 0 amide bonds. The second kappa shape index (κ2) is 4.41. The van der Waals surface area contributed by atoms with Crippen LogP contribution in [0.2, 0.25) is 0 Å². The van der Waals surface area contributed by atoms with E-state index in [1.807, 2.05) is 0 Å². The first-order valence-electron chi connectivity index (χ1n) is 5.09. The molecule has 0 radical (unpaired) electrons. The van der Waals surface area contributed by atoms with Gasteiger partial charge in [-0.25, -0.2) is 4.39 Å². The molecule has 3 nitrogen and oxygen atoms in total. The zero-order valence-corrected chi connectivity index (χ0v) is 9.47. The van der Waals surface area contributed by atoms with Gasteiger partial charge in [0, 0.05) is 6.20 Å². The smallest absolute Gasteiger partial charge is 0.320 e. The average Bonchev–Trinajstić information content (AvgIpc) is 2.67. The van der Waals surface area contributed by atoms with Gasteiger partial charge in [-0.05, 0) is 36.6 Å². The van der Waals surface area contributed by atoms with E-state index in [4.69, 9.17) is 0 Å². The minimum atomic E-state index is -0.806. The number of hydrogen-bond donors (Lipinski definition) is 1. The molecule has 16 heavy (non-hydrogen) atoms. The fraction of sp³-hybridized carbons (Fsp3) is 0.455. The number of thioether (sulfide) groups is 1. The molecule has 1 atom stereocenters. The van der Waals surface area contributed by atoms with E-state index < -0.39 is 16.5 Å². The van der Waals surface area contributed by atoms with Crippen molar-refractivity contribution in [1.82, 2.24) is 4.98 Å². The van der Waals surface area contributed by atoms with Crippen LogP contribution in [0.1, 0.15) is 18.4 Å². The van der Waals surface area contributed by atoms with Crippen molar-refractivity contribution < 1.29 is 14.3 Å². The molecule has 1 aromatic heterocycles. The highest BCUT2D eigenvalue weighted by Gasteiger charge is 2.42. The lowest BCUT2D eigenvalue weighted by Gasteiger charge is -2.22. The van der Waals surface area contributed by atoms with Crippen LogP contribution in [0.4, 0.5) is 4.39 Å². The summed E-state index contributed by atoms with van der Waals surface area (Å²) in [5.41, 5.74) is 0.650. The van der Waals surface area contributed by atoms with Crippen molar-refractivity contribution in [3.8, 4) is 0 Å². The summed E-state index contributed by atoms with van der Waals surface area (Å²) in [6.07, 6.45) is 4.55. The topological polar surface area (TPSA) is 50.2 Å². The molecule has 0 aliphatic carbocycles. The van der Waals surface area contributed by atoms with Gasteiger partial charge in [0.05, 0.1) is 6.20 Å². The lowest BCUT2D eigenvalue weighted by Crippen LogP contribution is -2.34. The third-order valence-corrected chi connectivity index (χ3v) is 4.31. The Hall–Kier alpha value is -1.10. The Morgan fingerprint density at radius 1 is 1.62 bits per heavy atom. The molecule has 0 saturated carbocycles. The van der Waals surface area contributed by atoms with Crippen molar-refractivity contribution in [3.05, 3.63) is 29.8 Å². The number of aliphatic carboxylic acids is 1. The maximum Gasteiger partial charge on any atom is 0.320 e. The number of hydrogen-bond acceptors (Lipinski definition) is 3. The van der Waals surface area contributed by atoms with Crippen LogP contribution in [0.25, 0.3) is 0 Å². The van der Waals surface area contributed by atoms with E-state index in [0.29, 0.717) is 18.4 Å². The molecule has 86 valence electrons. The van der Waals surface area contributed by atoms with Crippen LogP contribution < -0.4 is 0 Å². The molecular formula is C11H12FNO2S. The molecule has 5 heteroatoms. The number of nitrogens with zero attached hydrogens (tertiary/aromatic N) is 1. The van der Waals surface area contributed by atoms with E-state index in [0.717, 1.165) is 18.4 Å². The SMILES string of the molecule is O=C(O)C1(Cc2cncc(F)c2)CCCS1. The van der Waals surface area contributed by atoms with Crippen molar-refractivity contribution in [2.45, 2.75) is 24.0 Å². The van der Waals surface area contributed by atoms with Gasteiger partial charge in [0.2, 0.25) is 0 Å². The summed E-state index contributed by atoms with van der Waals surface area (Å²) in [7, 11) is 0. The highest BCUT2D eigenvalue weighted by Crippen LogP contribution is 2.41. The first kappa shape index (κ1) is 11.4. The minimum Gasteiger partial charge on any atom is -0.480 e. The van der Waals surface area contributed by atoms with E-state index in [1.54, 1.807) is 0 Å². The predicted molar refractivity (Wildman–Crippen MR) is 60.0 cm³/mol. The number of halogens is 1. The van der Waals surface area contributed by atoms with Gasteiger partial charge >= 0.3 is 5.97 Å². The lowest BCUT2D eigenvalue weighted by molar-refractivity contribution is -0.139. The molecule has 0 bridgehead atoms. The molecule has 1 fully saturated rings. The molecule has 1 saturated heterocycles. The van der Waals surface area contributed by atoms with Crippen LogP contribution in [-0.4, -0.2) is 26.6 Å². The normalized spacial score (nSPS) is 24.6. The molecule has 1 aliphatic heterocycles. The van der Waals surface area contributed by atoms with E-state index in [2.05, 4.69) is 4.98 Å². The first-order chi connectivity index (χ1) is 7.62. The highest BCUT2D eigenvalue weighted by atomic mass is 32.2. The lowest BCUT2D eigenvalue weighted by atomic mass is 9.95. The Bertz CT molecular complexity index is 405. The van der Waals surface area contributed by atoms with E-state index in [-0.39, 0.29) is 0 Å². The van der Waals surface area contributed by atoms with Crippen molar-refractivity contribution in [2.75, 3.05) is 5.75 Å². The van der Waals surface area contributed by atoms with Gasteiger partial charge in [-0.2, -0.15) is 0 Å². The van der Waals surface area contributed by atoms with Gasteiger partial charge in [0.25, 0.3) is 0 Å². The second-order valence-electron chi connectivity index (χ2n) is 3.94. The zero-order valence-electron chi connectivity index (χ0n) is 8.65. The summed E-state index contributed by atoms with van der Waals surface area (Å²) in [5, 5.41) is 9.26. The third-order valence-electron chi connectivity index (χ3n) is 2.74. The molecule has 2 rings (SSSR count). The number of carboxylic acids is 1. The number of pyridine rings is 1. The fourth-order valence-corrected chi connectivity index (χ4v) is 3.32. The Morgan fingerprint density at radius 2 is 2.44 bits per heavy atom. The summed E-state index contributed by atoms with van der Waals surface area (Å²) >= 11 is 1.45. The van der Waals surface area contributed by atoms with Crippen LogP contribution in [-0.2, 0) is 11.2 Å².